The van der Waals surface area contributed by atoms with E-state index in [2.05, 4.69) is 5.10 Å². The average molecular weight is 208 g/mol. The van der Waals surface area contributed by atoms with Crippen molar-refractivity contribution in [3.8, 4) is 5.75 Å². The van der Waals surface area contributed by atoms with Crippen LogP contribution in [0.3, 0.4) is 0 Å². The summed E-state index contributed by atoms with van der Waals surface area (Å²) in [5.41, 5.74) is 1.04. The number of ether oxygens (including phenoxy) is 1. The maximum atomic E-state index is 9.84. The molecule has 3 rings (SSSR count). The summed E-state index contributed by atoms with van der Waals surface area (Å²) in [5.74, 6) is 0.802. The second-order valence-electron chi connectivity index (χ2n) is 4.48. The van der Waals surface area contributed by atoms with Crippen LogP contribution < -0.4 is 0 Å². The van der Waals surface area contributed by atoms with Gasteiger partial charge in [-0.3, -0.25) is 4.68 Å². The molecule has 4 heteroatoms. The number of aromatic nitrogens is 2. The number of rotatable bonds is 2. The minimum Gasteiger partial charge on any atom is -0.504 e. The van der Waals surface area contributed by atoms with Crippen molar-refractivity contribution in [1.29, 1.82) is 0 Å². The highest BCUT2D eigenvalue weighted by atomic mass is 16.5. The molecule has 1 aliphatic heterocycles. The molecule has 1 aliphatic carbocycles. The van der Waals surface area contributed by atoms with Crippen LogP contribution in [0, 0.1) is 0 Å². The summed E-state index contributed by atoms with van der Waals surface area (Å²) in [6.45, 7) is 1.61. The van der Waals surface area contributed by atoms with Crippen LogP contribution in [0.25, 0.3) is 0 Å². The molecule has 2 aliphatic rings. The fourth-order valence-electron chi connectivity index (χ4n) is 2.34. The first kappa shape index (κ1) is 9.21. The molecule has 1 aromatic rings. The Labute approximate surface area is 88.9 Å². The number of hydrogen-bond acceptors (Lipinski definition) is 3. The molecule has 4 nitrogen and oxygen atoms in total. The molecule has 1 aromatic heterocycles. The predicted octanol–water partition coefficient (Wildman–Crippen LogP) is 1.82. The van der Waals surface area contributed by atoms with Crippen LogP contribution in [0.15, 0.2) is 6.20 Å². The van der Waals surface area contributed by atoms with Gasteiger partial charge in [0.1, 0.15) is 0 Å². The van der Waals surface area contributed by atoms with Crippen LogP contribution in [-0.4, -0.2) is 28.1 Å². The third kappa shape index (κ3) is 1.63. The van der Waals surface area contributed by atoms with Crippen molar-refractivity contribution >= 4 is 0 Å². The first-order valence-corrected chi connectivity index (χ1v) is 5.70. The molecule has 0 spiro atoms. The standard InChI is InChI=1S/C11H16N2O2/c14-10-7-12-13(9-1-2-9)11(10)8-3-5-15-6-4-8/h7-9,14H,1-6H2. The molecular weight excluding hydrogens is 192 g/mol. The Kier molecular flexibility index (Phi) is 2.16. The van der Waals surface area contributed by atoms with Crippen LogP contribution in [0.5, 0.6) is 5.75 Å². The van der Waals surface area contributed by atoms with Crippen molar-refractivity contribution in [3.05, 3.63) is 11.9 Å². The van der Waals surface area contributed by atoms with E-state index in [-0.39, 0.29) is 0 Å². The van der Waals surface area contributed by atoms with Crippen molar-refractivity contribution in [2.45, 2.75) is 37.6 Å². The zero-order valence-corrected chi connectivity index (χ0v) is 8.72. The smallest absolute Gasteiger partial charge is 0.157 e. The Balaban J connectivity index is 1.90. The Morgan fingerprint density at radius 1 is 1.27 bits per heavy atom. The molecule has 0 amide bonds. The van der Waals surface area contributed by atoms with Crippen molar-refractivity contribution < 1.29 is 9.84 Å². The first-order chi connectivity index (χ1) is 7.36. The molecule has 1 N–H and O–H groups in total. The lowest BCUT2D eigenvalue weighted by atomic mass is 9.96. The van der Waals surface area contributed by atoms with E-state index in [0.29, 0.717) is 17.7 Å². The van der Waals surface area contributed by atoms with Crippen molar-refractivity contribution in [3.63, 3.8) is 0 Å². The second kappa shape index (κ2) is 3.52. The third-order valence-corrected chi connectivity index (χ3v) is 3.31. The van der Waals surface area contributed by atoms with Crippen molar-refractivity contribution in [1.82, 2.24) is 9.78 Å². The van der Waals surface area contributed by atoms with E-state index in [9.17, 15) is 5.11 Å². The highest BCUT2D eigenvalue weighted by molar-refractivity contribution is 5.28. The first-order valence-electron chi connectivity index (χ1n) is 5.70. The van der Waals surface area contributed by atoms with Gasteiger partial charge in [0.05, 0.1) is 17.9 Å². The lowest BCUT2D eigenvalue weighted by Crippen LogP contribution is -2.17. The van der Waals surface area contributed by atoms with E-state index in [1.165, 1.54) is 12.8 Å². The average Bonchev–Trinajstić information content (AvgIpc) is 3.04. The predicted molar refractivity (Wildman–Crippen MR) is 55.0 cm³/mol. The van der Waals surface area contributed by atoms with Gasteiger partial charge in [-0.1, -0.05) is 0 Å². The lowest BCUT2D eigenvalue weighted by molar-refractivity contribution is 0.0829. The van der Waals surface area contributed by atoms with E-state index in [1.54, 1.807) is 6.20 Å². The van der Waals surface area contributed by atoms with Gasteiger partial charge in [0, 0.05) is 19.1 Å². The second-order valence-corrected chi connectivity index (χ2v) is 4.48. The van der Waals surface area contributed by atoms with Gasteiger partial charge >= 0.3 is 0 Å². The SMILES string of the molecule is Oc1cnn(C2CC2)c1C1CCOCC1. The van der Waals surface area contributed by atoms with Crippen LogP contribution >= 0.6 is 0 Å². The van der Waals surface area contributed by atoms with E-state index in [1.807, 2.05) is 4.68 Å². The minimum absolute atomic E-state index is 0.369. The molecule has 82 valence electrons. The summed E-state index contributed by atoms with van der Waals surface area (Å²) >= 11 is 0. The molecule has 0 aromatic carbocycles. The van der Waals surface area contributed by atoms with E-state index >= 15 is 0 Å². The highest BCUT2D eigenvalue weighted by Crippen LogP contribution is 2.41. The summed E-state index contributed by atoms with van der Waals surface area (Å²) in [7, 11) is 0. The fourth-order valence-corrected chi connectivity index (χ4v) is 2.34. The molecule has 2 heterocycles. The minimum atomic E-state index is 0.369. The molecule has 0 radical (unpaired) electrons. The Bertz CT molecular complexity index is 351. The zero-order valence-electron chi connectivity index (χ0n) is 8.72. The molecule has 1 saturated carbocycles. The molecule has 1 saturated heterocycles. The van der Waals surface area contributed by atoms with Gasteiger partial charge in [-0.25, -0.2) is 0 Å². The monoisotopic (exact) mass is 208 g/mol. The summed E-state index contributed by atoms with van der Waals surface area (Å²) < 4.78 is 7.38. The number of nitrogens with zero attached hydrogens (tertiary/aromatic N) is 2. The maximum Gasteiger partial charge on any atom is 0.157 e. The quantitative estimate of drug-likeness (QED) is 0.806. The highest BCUT2D eigenvalue weighted by Gasteiger charge is 2.31. The Morgan fingerprint density at radius 3 is 2.67 bits per heavy atom. The topological polar surface area (TPSA) is 47.3 Å². The molecule has 0 unspecified atom stereocenters. The van der Waals surface area contributed by atoms with Gasteiger partial charge in [0.25, 0.3) is 0 Å². The summed E-state index contributed by atoms with van der Waals surface area (Å²) in [4.78, 5) is 0. The van der Waals surface area contributed by atoms with E-state index < -0.39 is 0 Å². The Hall–Kier alpha value is -1.03. The largest absolute Gasteiger partial charge is 0.504 e. The van der Waals surface area contributed by atoms with Crippen molar-refractivity contribution in [2.24, 2.45) is 0 Å². The van der Waals surface area contributed by atoms with Crippen LogP contribution in [0.4, 0.5) is 0 Å². The number of aromatic hydroxyl groups is 1. The van der Waals surface area contributed by atoms with Crippen LogP contribution in [0.2, 0.25) is 0 Å². The summed E-state index contributed by atoms with van der Waals surface area (Å²) in [5, 5.41) is 14.1. The molecule has 0 bridgehead atoms. The van der Waals surface area contributed by atoms with Gasteiger partial charge < -0.3 is 9.84 Å². The van der Waals surface area contributed by atoms with Gasteiger partial charge in [-0.05, 0) is 25.7 Å². The van der Waals surface area contributed by atoms with Gasteiger partial charge in [-0.2, -0.15) is 5.10 Å². The van der Waals surface area contributed by atoms with Gasteiger partial charge in [-0.15, -0.1) is 0 Å². The van der Waals surface area contributed by atoms with E-state index in [0.717, 1.165) is 31.7 Å². The van der Waals surface area contributed by atoms with Gasteiger partial charge in [0.15, 0.2) is 5.75 Å². The zero-order chi connectivity index (χ0) is 10.3. The maximum absolute atomic E-state index is 9.84. The molecule has 0 atom stereocenters. The molecular formula is C11H16N2O2. The fraction of sp³-hybridized carbons (Fsp3) is 0.727. The summed E-state index contributed by atoms with van der Waals surface area (Å²) in [6.07, 6.45) is 6.01. The molecule has 15 heavy (non-hydrogen) atoms. The van der Waals surface area contributed by atoms with Gasteiger partial charge in [0.2, 0.25) is 0 Å². The lowest BCUT2D eigenvalue weighted by Gasteiger charge is -2.23. The summed E-state index contributed by atoms with van der Waals surface area (Å²) in [6, 6.07) is 0.545. The number of hydrogen-bond donors (Lipinski definition) is 1. The normalized spacial score (nSPS) is 23.2. The van der Waals surface area contributed by atoms with Crippen LogP contribution in [0.1, 0.15) is 43.3 Å². The third-order valence-electron chi connectivity index (χ3n) is 3.31. The van der Waals surface area contributed by atoms with Crippen molar-refractivity contribution in [2.75, 3.05) is 13.2 Å². The van der Waals surface area contributed by atoms with E-state index in [4.69, 9.17) is 4.74 Å². The Morgan fingerprint density at radius 2 is 2.00 bits per heavy atom. The molecule has 2 fully saturated rings. The van der Waals surface area contributed by atoms with Crippen LogP contribution in [-0.2, 0) is 4.74 Å².